The molecule has 4 rings (SSSR count). The molecule has 0 spiro atoms. The summed E-state index contributed by atoms with van der Waals surface area (Å²) in [6.07, 6.45) is -2.14. The van der Waals surface area contributed by atoms with Crippen molar-refractivity contribution in [2.75, 3.05) is 24.6 Å². The van der Waals surface area contributed by atoms with Crippen molar-refractivity contribution >= 4 is 11.6 Å². The van der Waals surface area contributed by atoms with Gasteiger partial charge in [-0.15, -0.1) is 0 Å². The van der Waals surface area contributed by atoms with Crippen LogP contribution in [-0.2, 0) is 23.8 Å². The Morgan fingerprint density at radius 2 is 1.91 bits per heavy atom. The number of nitrogens with zero attached hydrogens (tertiary/aromatic N) is 2. The average Bonchev–Trinajstić information content (AvgIpc) is 3.28. The van der Waals surface area contributed by atoms with Gasteiger partial charge in [0.2, 0.25) is 5.91 Å². The fraction of sp³-hybridized carbons (Fsp3) is 0.280. The molecule has 0 radical (unpaired) electrons. The molecule has 2 aromatic carbocycles. The van der Waals surface area contributed by atoms with E-state index in [4.69, 9.17) is 10.5 Å². The second-order valence-corrected chi connectivity index (χ2v) is 7.88. The topological polar surface area (TPSA) is 68.5 Å². The molecule has 0 saturated heterocycles. The third-order valence-corrected chi connectivity index (χ3v) is 5.73. The normalized spacial score (nSPS) is 13.8. The number of carbonyl (C=O) groups is 1. The summed E-state index contributed by atoms with van der Waals surface area (Å²) >= 11 is 0. The lowest BCUT2D eigenvalue weighted by Crippen LogP contribution is -2.39. The number of anilines is 1. The Morgan fingerprint density at radius 3 is 2.58 bits per heavy atom. The molecule has 3 aromatic rings. The first-order chi connectivity index (χ1) is 15.9. The molecule has 1 amide bonds. The number of rotatable bonds is 7. The highest BCUT2D eigenvalue weighted by Crippen LogP contribution is 2.32. The summed E-state index contributed by atoms with van der Waals surface area (Å²) in [4.78, 5) is 18.8. The van der Waals surface area contributed by atoms with Gasteiger partial charge in [-0.1, -0.05) is 42.5 Å². The van der Waals surface area contributed by atoms with Crippen molar-refractivity contribution in [2.24, 2.45) is 5.73 Å². The number of pyridine rings is 1. The molecule has 1 aromatic heterocycles. The maximum absolute atomic E-state index is 13.6. The number of carbonyl (C=O) groups excluding carboxylic acids is 1. The maximum Gasteiger partial charge on any atom is 0.433 e. The zero-order chi connectivity index (χ0) is 23.4. The van der Waals surface area contributed by atoms with Crippen molar-refractivity contribution in [2.45, 2.75) is 24.9 Å². The first kappa shape index (κ1) is 22.8. The second kappa shape index (κ2) is 9.62. The molecule has 172 valence electrons. The highest BCUT2D eigenvalue weighted by molar-refractivity contribution is 5.98. The van der Waals surface area contributed by atoms with Gasteiger partial charge in [-0.2, -0.15) is 13.2 Å². The monoisotopic (exact) mass is 455 g/mol. The number of amides is 1. The van der Waals surface area contributed by atoms with E-state index in [-0.39, 0.29) is 19.0 Å². The fourth-order valence-corrected chi connectivity index (χ4v) is 3.92. The van der Waals surface area contributed by atoms with Gasteiger partial charge in [0.25, 0.3) is 0 Å². The van der Waals surface area contributed by atoms with E-state index in [1.54, 1.807) is 4.90 Å². The van der Waals surface area contributed by atoms with Crippen LogP contribution in [0, 0.1) is 0 Å². The zero-order valence-corrected chi connectivity index (χ0v) is 17.9. The smallest absolute Gasteiger partial charge is 0.433 e. The standard InChI is InChI=1S/C25H24F3N3O2/c26-25(27,28)23-9-6-17(16-30-23)10-12-31(20-8-7-19-11-13-33-22(19)14-20)24(32)21(15-29)18-4-2-1-3-5-18/h1-9,14,16,21H,10-13,15,29H2/t21-/m1/s1. The third-order valence-electron chi connectivity index (χ3n) is 5.73. The number of benzene rings is 2. The summed E-state index contributed by atoms with van der Waals surface area (Å²) in [5.74, 6) is 0.0122. The first-order valence-electron chi connectivity index (χ1n) is 10.7. The van der Waals surface area contributed by atoms with Crippen LogP contribution in [0.5, 0.6) is 5.75 Å². The Hall–Kier alpha value is -3.39. The van der Waals surface area contributed by atoms with Crippen LogP contribution >= 0.6 is 0 Å². The molecule has 2 N–H and O–H groups in total. The van der Waals surface area contributed by atoms with Gasteiger partial charge in [0, 0.05) is 37.5 Å². The van der Waals surface area contributed by atoms with Crippen LogP contribution in [-0.4, -0.2) is 30.6 Å². The lowest BCUT2D eigenvalue weighted by molar-refractivity contribution is -0.141. The molecule has 1 aliphatic heterocycles. The minimum Gasteiger partial charge on any atom is -0.493 e. The Morgan fingerprint density at radius 1 is 1.12 bits per heavy atom. The summed E-state index contributed by atoms with van der Waals surface area (Å²) in [6, 6.07) is 17.3. The van der Waals surface area contributed by atoms with E-state index in [9.17, 15) is 18.0 Å². The Bertz CT molecular complexity index is 1100. The SMILES string of the molecule is NC[C@@H](C(=O)N(CCc1ccc(C(F)(F)F)nc1)c1ccc2c(c1)OCC2)c1ccccc1. The first-order valence-corrected chi connectivity index (χ1v) is 10.7. The van der Waals surface area contributed by atoms with Gasteiger partial charge in [-0.3, -0.25) is 9.78 Å². The molecule has 5 nitrogen and oxygen atoms in total. The van der Waals surface area contributed by atoms with Crippen molar-refractivity contribution in [3.63, 3.8) is 0 Å². The fourth-order valence-electron chi connectivity index (χ4n) is 3.92. The van der Waals surface area contributed by atoms with Crippen LogP contribution in [0.2, 0.25) is 0 Å². The van der Waals surface area contributed by atoms with E-state index < -0.39 is 17.8 Å². The molecule has 8 heteroatoms. The number of alkyl halides is 3. The number of halogens is 3. The van der Waals surface area contributed by atoms with E-state index in [1.165, 1.54) is 12.3 Å². The molecule has 33 heavy (non-hydrogen) atoms. The molecular weight excluding hydrogens is 431 g/mol. The molecule has 1 atom stereocenters. The van der Waals surface area contributed by atoms with Crippen LogP contribution < -0.4 is 15.4 Å². The minimum absolute atomic E-state index is 0.128. The van der Waals surface area contributed by atoms with Crippen LogP contribution in [0.25, 0.3) is 0 Å². The highest BCUT2D eigenvalue weighted by Gasteiger charge is 2.32. The lowest BCUT2D eigenvalue weighted by Gasteiger charge is -2.28. The quantitative estimate of drug-likeness (QED) is 0.575. The van der Waals surface area contributed by atoms with E-state index >= 15 is 0 Å². The van der Waals surface area contributed by atoms with Crippen molar-refractivity contribution < 1.29 is 22.7 Å². The summed E-state index contributed by atoms with van der Waals surface area (Å²) in [6.45, 7) is 0.982. The molecule has 0 fully saturated rings. The summed E-state index contributed by atoms with van der Waals surface area (Å²) < 4.78 is 44.1. The molecule has 0 unspecified atom stereocenters. The van der Waals surface area contributed by atoms with Crippen molar-refractivity contribution in [1.29, 1.82) is 0 Å². The molecule has 1 aliphatic rings. The molecule has 0 aliphatic carbocycles. The minimum atomic E-state index is -4.49. The Balaban J connectivity index is 1.60. The van der Waals surface area contributed by atoms with Gasteiger partial charge in [0.15, 0.2) is 0 Å². The predicted molar refractivity (Wildman–Crippen MR) is 119 cm³/mol. The number of nitrogens with two attached hydrogens (primary N) is 1. The number of fused-ring (bicyclic) bond motifs is 1. The van der Waals surface area contributed by atoms with Gasteiger partial charge in [-0.05, 0) is 35.2 Å². The van der Waals surface area contributed by atoms with E-state index in [0.29, 0.717) is 24.3 Å². The van der Waals surface area contributed by atoms with Crippen LogP contribution in [0.4, 0.5) is 18.9 Å². The van der Waals surface area contributed by atoms with Gasteiger partial charge < -0.3 is 15.4 Å². The van der Waals surface area contributed by atoms with Gasteiger partial charge in [-0.25, -0.2) is 0 Å². The summed E-state index contributed by atoms with van der Waals surface area (Å²) in [5.41, 5.74) is 8.20. The lowest BCUT2D eigenvalue weighted by atomic mass is 9.97. The number of aromatic nitrogens is 1. The average molecular weight is 455 g/mol. The molecule has 0 saturated carbocycles. The highest BCUT2D eigenvalue weighted by atomic mass is 19.4. The predicted octanol–water partition coefficient (Wildman–Crippen LogP) is 4.35. The van der Waals surface area contributed by atoms with Crippen LogP contribution in [0.15, 0.2) is 66.9 Å². The number of hydrogen-bond donors (Lipinski definition) is 1. The largest absolute Gasteiger partial charge is 0.493 e. The van der Waals surface area contributed by atoms with Crippen LogP contribution in [0.1, 0.15) is 28.3 Å². The van der Waals surface area contributed by atoms with Gasteiger partial charge in [0.05, 0.1) is 12.5 Å². The van der Waals surface area contributed by atoms with Crippen molar-refractivity contribution in [3.8, 4) is 5.75 Å². The number of ether oxygens (including phenoxy) is 1. The zero-order valence-electron chi connectivity index (χ0n) is 17.9. The van der Waals surface area contributed by atoms with Crippen molar-refractivity contribution in [3.05, 3.63) is 89.2 Å². The van der Waals surface area contributed by atoms with Crippen LogP contribution in [0.3, 0.4) is 0 Å². The van der Waals surface area contributed by atoms with Crippen molar-refractivity contribution in [1.82, 2.24) is 4.98 Å². The molecule has 2 heterocycles. The third kappa shape index (κ3) is 5.17. The number of hydrogen-bond acceptors (Lipinski definition) is 4. The van der Waals surface area contributed by atoms with E-state index in [2.05, 4.69) is 4.98 Å². The van der Waals surface area contributed by atoms with Gasteiger partial charge >= 0.3 is 6.18 Å². The summed E-state index contributed by atoms with van der Waals surface area (Å²) in [7, 11) is 0. The Labute approximate surface area is 190 Å². The maximum atomic E-state index is 13.6. The Kier molecular flexibility index (Phi) is 6.65. The van der Waals surface area contributed by atoms with E-state index in [0.717, 1.165) is 29.4 Å². The molecular formula is C25H24F3N3O2. The van der Waals surface area contributed by atoms with Gasteiger partial charge in [0.1, 0.15) is 11.4 Å². The van der Waals surface area contributed by atoms with E-state index in [1.807, 2.05) is 48.5 Å². The second-order valence-electron chi connectivity index (χ2n) is 7.88. The summed E-state index contributed by atoms with van der Waals surface area (Å²) in [5, 5.41) is 0. The molecule has 0 bridgehead atoms.